The maximum absolute atomic E-state index is 6.75. The predicted molar refractivity (Wildman–Crippen MR) is 126 cm³/mol. The van der Waals surface area contributed by atoms with Crippen molar-refractivity contribution >= 4 is 0 Å². The van der Waals surface area contributed by atoms with Crippen LogP contribution in [-0.2, 0) is 11.3 Å². The van der Waals surface area contributed by atoms with Gasteiger partial charge in [0.1, 0.15) is 12.3 Å². The van der Waals surface area contributed by atoms with E-state index in [9.17, 15) is 0 Å². The van der Waals surface area contributed by atoms with Crippen molar-refractivity contribution in [2.24, 2.45) is 0 Å². The molecule has 0 radical (unpaired) electrons. The van der Waals surface area contributed by atoms with Crippen LogP contribution in [0.4, 0.5) is 0 Å². The second kappa shape index (κ2) is 12.8. The first-order chi connectivity index (χ1) is 14.6. The monoisotopic (exact) mass is 412 g/mol. The van der Waals surface area contributed by atoms with Crippen LogP contribution in [0.25, 0.3) is 0 Å². The Morgan fingerprint density at radius 1 is 0.767 bits per heavy atom. The van der Waals surface area contributed by atoms with E-state index in [1.807, 2.05) is 30.3 Å². The number of unbranched alkanes of at least 4 members (excludes halogenated alkanes) is 5. The lowest BCUT2D eigenvalue weighted by molar-refractivity contribution is -1.02. The van der Waals surface area contributed by atoms with Crippen molar-refractivity contribution in [3.63, 3.8) is 0 Å². The van der Waals surface area contributed by atoms with E-state index in [0.717, 1.165) is 31.7 Å². The van der Waals surface area contributed by atoms with Crippen LogP contribution >= 0.6 is 0 Å². The maximum Gasteiger partial charge on any atom is 0.361 e. The number of benzene rings is 2. The molecule has 0 saturated carbocycles. The summed E-state index contributed by atoms with van der Waals surface area (Å²) in [6.45, 7) is 9.02. The van der Waals surface area contributed by atoms with Gasteiger partial charge < -0.3 is 4.74 Å². The van der Waals surface area contributed by atoms with Crippen molar-refractivity contribution < 1.29 is 14.0 Å². The van der Waals surface area contributed by atoms with E-state index in [4.69, 9.17) is 9.47 Å². The van der Waals surface area contributed by atoms with Crippen molar-refractivity contribution in [2.75, 3.05) is 20.2 Å². The molecule has 0 saturated heterocycles. The van der Waals surface area contributed by atoms with Crippen LogP contribution in [0.3, 0.4) is 0 Å². The highest BCUT2D eigenvalue weighted by atomic mass is 16.7. The lowest BCUT2D eigenvalue weighted by atomic mass is 10.0. The molecule has 0 aliphatic rings. The summed E-state index contributed by atoms with van der Waals surface area (Å²) in [6, 6.07) is 20.9. The number of hydrogen-bond donors (Lipinski definition) is 0. The minimum Gasteiger partial charge on any atom is -0.417 e. The largest absolute Gasteiger partial charge is 0.417 e. The van der Waals surface area contributed by atoms with Crippen LogP contribution in [-0.4, -0.2) is 30.6 Å². The summed E-state index contributed by atoms with van der Waals surface area (Å²) in [4.78, 5) is 0. The van der Waals surface area contributed by atoms with E-state index in [1.165, 1.54) is 37.7 Å². The first-order valence-corrected chi connectivity index (χ1v) is 11.9. The van der Waals surface area contributed by atoms with Crippen molar-refractivity contribution in [3.05, 3.63) is 66.2 Å². The Hall–Kier alpha value is -1.84. The van der Waals surface area contributed by atoms with E-state index >= 15 is 0 Å². The van der Waals surface area contributed by atoms with Gasteiger partial charge in [0.2, 0.25) is 0 Å². The number of quaternary nitrogens is 1. The summed E-state index contributed by atoms with van der Waals surface area (Å²) in [7, 11) is 2.28. The van der Waals surface area contributed by atoms with Gasteiger partial charge in [0, 0.05) is 5.56 Å². The Morgan fingerprint density at radius 3 is 1.97 bits per heavy atom. The van der Waals surface area contributed by atoms with Gasteiger partial charge in [-0.15, -0.1) is 0 Å². The van der Waals surface area contributed by atoms with E-state index in [-0.39, 0.29) is 0 Å². The van der Waals surface area contributed by atoms with E-state index in [0.29, 0.717) is 11.1 Å². The Labute approximate surface area is 184 Å². The molecule has 0 spiro atoms. The number of para-hydroxylation sites is 1. The molecule has 0 bridgehead atoms. The van der Waals surface area contributed by atoms with Crippen molar-refractivity contribution in [1.82, 2.24) is 0 Å². The minimum atomic E-state index is -0.703. The lowest BCUT2D eigenvalue weighted by Gasteiger charge is -2.48. The second-order valence-corrected chi connectivity index (χ2v) is 8.43. The van der Waals surface area contributed by atoms with Gasteiger partial charge in [-0.1, -0.05) is 87.6 Å². The third kappa shape index (κ3) is 6.85. The highest BCUT2D eigenvalue weighted by Crippen LogP contribution is 2.35. The van der Waals surface area contributed by atoms with Gasteiger partial charge in [0.25, 0.3) is 0 Å². The Kier molecular flexibility index (Phi) is 10.4. The van der Waals surface area contributed by atoms with Crippen LogP contribution in [0, 0.1) is 0 Å². The van der Waals surface area contributed by atoms with Gasteiger partial charge in [0.15, 0.2) is 0 Å². The second-order valence-electron chi connectivity index (χ2n) is 8.43. The molecule has 2 atom stereocenters. The number of rotatable bonds is 15. The number of hydrogen-bond acceptors (Lipinski definition) is 2. The van der Waals surface area contributed by atoms with Gasteiger partial charge in [-0.05, 0) is 32.4 Å². The third-order valence-electron chi connectivity index (χ3n) is 6.13. The fraction of sp³-hybridized carbons (Fsp3) is 0.556. The van der Waals surface area contributed by atoms with Crippen molar-refractivity contribution in [2.45, 2.75) is 78.2 Å². The number of nitrogens with zero attached hydrogens (tertiary/aromatic N) is 1. The van der Waals surface area contributed by atoms with Gasteiger partial charge in [-0.25, -0.2) is 0 Å². The Morgan fingerprint density at radius 2 is 1.37 bits per heavy atom. The molecule has 0 aliphatic heterocycles. The topological polar surface area (TPSA) is 18.5 Å². The van der Waals surface area contributed by atoms with E-state index < -0.39 is 5.91 Å². The zero-order chi connectivity index (χ0) is 21.7. The quantitative estimate of drug-likeness (QED) is 0.175. The molecule has 0 N–H and O–H groups in total. The average molecular weight is 413 g/mol. The fourth-order valence-electron chi connectivity index (χ4n) is 4.18. The molecule has 166 valence electrons. The van der Waals surface area contributed by atoms with Gasteiger partial charge >= 0.3 is 5.91 Å². The normalized spacial score (nSPS) is 15.3. The Balaban J connectivity index is 2.29. The Bertz CT molecular complexity index is 691. The summed E-state index contributed by atoms with van der Waals surface area (Å²) in [5.74, 6) is 0.175. The molecule has 0 aliphatic carbocycles. The lowest BCUT2D eigenvalue weighted by Crippen LogP contribution is -2.66. The molecule has 2 aromatic rings. The van der Waals surface area contributed by atoms with Crippen LogP contribution in [0.1, 0.15) is 71.3 Å². The summed E-state index contributed by atoms with van der Waals surface area (Å²) in [5, 5.41) is 0. The van der Waals surface area contributed by atoms with Crippen molar-refractivity contribution in [3.8, 4) is 5.75 Å². The molecule has 0 fully saturated rings. The highest BCUT2D eigenvalue weighted by Gasteiger charge is 2.51. The summed E-state index contributed by atoms with van der Waals surface area (Å²) in [5.41, 5.74) is 1.31. The number of ether oxygens (including phenoxy) is 2. The van der Waals surface area contributed by atoms with E-state index in [2.05, 4.69) is 58.2 Å². The highest BCUT2D eigenvalue weighted by molar-refractivity contribution is 5.21. The molecule has 3 nitrogen and oxygen atoms in total. The molecular formula is C27H42NO2+. The smallest absolute Gasteiger partial charge is 0.361 e. The van der Waals surface area contributed by atoms with Crippen LogP contribution < -0.4 is 4.74 Å². The molecule has 0 heterocycles. The molecular weight excluding hydrogens is 370 g/mol. The molecule has 3 heteroatoms. The first-order valence-electron chi connectivity index (χ1n) is 11.9. The first kappa shape index (κ1) is 24.4. The van der Waals surface area contributed by atoms with Gasteiger partial charge in [0.05, 0.1) is 26.6 Å². The molecule has 0 aromatic heterocycles. The average Bonchev–Trinajstić information content (AvgIpc) is 2.77. The summed E-state index contributed by atoms with van der Waals surface area (Å²) >= 11 is 0. The minimum absolute atomic E-state index is 0.630. The zero-order valence-electron chi connectivity index (χ0n) is 19.6. The predicted octanol–water partition coefficient (Wildman–Crippen LogP) is 7.17. The zero-order valence-corrected chi connectivity index (χ0v) is 19.6. The molecule has 30 heavy (non-hydrogen) atoms. The van der Waals surface area contributed by atoms with Gasteiger partial charge in [-0.2, -0.15) is 0 Å². The standard InChI is InChI=1S/C27H42NO2/c1-5-8-9-10-11-18-23-27(29-7-3,30-26-21-16-13-17-22-26)28(4,6-2)24-25-19-14-12-15-20-25/h12-17,19-22H,5-11,18,23-24H2,1-4H3/q+1. The maximum atomic E-state index is 6.75. The molecule has 2 unspecified atom stereocenters. The summed E-state index contributed by atoms with van der Waals surface area (Å²) in [6.07, 6.45) is 8.44. The van der Waals surface area contributed by atoms with Gasteiger partial charge in [-0.3, -0.25) is 9.22 Å². The molecule has 2 aromatic carbocycles. The molecule has 0 amide bonds. The third-order valence-corrected chi connectivity index (χ3v) is 6.13. The van der Waals surface area contributed by atoms with E-state index in [1.54, 1.807) is 0 Å². The molecule has 2 rings (SSSR count). The van der Waals surface area contributed by atoms with Crippen LogP contribution in [0.15, 0.2) is 60.7 Å². The van der Waals surface area contributed by atoms with Crippen LogP contribution in [0.2, 0.25) is 0 Å². The summed E-state index contributed by atoms with van der Waals surface area (Å²) < 4.78 is 14.0. The van der Waals surface area contributed by atoms with Crippen LogP contribution in [0.5, 0.6) is 5.75 Å². The SMILES string of the molecule is CCCCCCCCC(OCC)(Oc1ccccc1)[N+](C)(CC)Cc1ccccc1. The fourth-order valence-corrected chi connectivity index (χ4v) is 4.18. The van der Waals surface area contributed by atoms with Crippen molar-refractivity contribution in [1.29, 1.82) is 0 Å².